The lowest BCUT2D eigenvalue weighted by atomic mass is 10.1. The van der Waals surface area contributed by atoms with Crippen LogP contribution in [0.5, 0.6) is 11.5 Å². The lowest BCUT2D eigenvalue weighted by molar-refractivity contribution is -0.127. The number of para-hydroxylation sites is 1. The summed E-state index contributed by atoms with van der Waals surface area (Å²) in [5.74, 6) is 0.792. The molecule has 3 rings (SSSR count). The minimum absolute atomic E-state index is 0.175. The molecule has 6 heteroatoms. The van der Waals surface area contributed by atoms with Crippen LogP contribution in [0.1, 0.15) is 22.8 Å². The van der Waals surface area contributed by atoms with Crippen LogP contribution in [0.4, 0.5) is 0 Å². The first-order valence-corrected chi connectivity index (χ1v) is 8.44. The number of carbonyl (C=O) groups is 2. The van der Waals surface area contributed by atoms with Crippen LogP contribution in [-0.2, 0) is 16.0 Å². The van der Waals surface area contributed by atoms with E-state index in [0.29, 0.717) is 24.3 Å². The molecular formula is C20H21NO5. The van der Waals surface area contributed by atoms with Gasteiger partial charge in [-0.15, -0.1) is 0 Å². The molecule has 0 saturated heterocycles. The van der Waals surface area contributed by atoms with E-state index in [4.69, 9.17) is 14.2 Å². The molecule has 2 unspecified atom stereocenters. The molecule has 1 aliphatic heterocycles. The van der Waals surface area contributed by atoms with E-state index in [1.165, 1.54) is 7.11 Å². The van der Waals surface area contributed by atoms with Crippen molar-refractivity contribution >= 4 is 11.9 Å². The van der Waals surface area contributed by atoms with Crippen molar-refractivity contribution in [1.29, 1.82) is 0 Å². The molecule has 0 radical (unpaired) electrons. The van der Waals surface area contributed by atoms with Crippen LogP contribution < -0.4 is 14.8 Å². The molecular weight excluding hydrogens is 334 g/mol. The molecule has 1 aliphatic rings. The first kappa shape index (κ1) is 17.8. The van der Waals surface area contributed by atoms with Gasteiger partial charge in [0, 0.05) is 6.42 Å². The first-order valence-electron chi connectivity index (χ1n) is 8.44. The van der Waals surface area contributed by atoms with E-state index in [1.54, 1.807) is 37.3 Å². The number of esters is 1. The zero-order valence-corrected chi connectivity index (χ0v) is 14.7. The second kappa shape index (κ2) is 7.91. The van der Waals surface area contributed by atoms with Gasteiger partial charge in [-0.2, -0.15) is 0 Å². The van der Waals surface area contributed by atoms with Gasteiger partial charge in [0.25, 0.3) is 5.91 Å². The Morgan fingerprint density at radius 1 is 1.23 bits per heavy atom. The molecule has 1 amide bonds. The number of amides is 1. The van der Waals surface area contributed by atoms with Crippen molar-refractivity contribution in [3.63, 3.8) is 0 Å². The van der Waals surface area contributed by atoms with Crippen molar-refractivity contribution in [1.82, 2.24) is 5.32 Å². The maximum Gasteiger partial charge on any atom is 0.337 e. The predicted octanol–water partition coefficient (Wildman–Crippen LogP) is 2.36. The largest absolute Gasteiger partial charge is 0.488 e. The van der Waals surface area contributed by atoms with Crippen LogP contribution in [0, 0.1) is 0 Å². The van der Waals surface area contributed by atoms with Gasteiger partial charge in [0.05, 0.1) is 19.2 Å². The highest BCUT2D eigenvalue weighted by Crippen LogP contribution is 2.29. The predicted molar refractivity (Wildman–Crippen MR) is 95.4 cm³/mol. The zero-order valence-electron chi connectivity index (χ0n) is 14.7. The molecule has 0 bridgehead atoms. The third-order valence-corrected chi connectivity index (χ3v) is 4.15. The van der Waals surface area contributed by atoms with E-state index in [2.05, 4.69) is 5.32 Å². The number of methoxy groups -OCH3 is 1. The van der Waals surface area contributed by atoms with E-state index >= 15 is 0 Å². The van der Waals surface area contributed by atoms with Crippen LogP contribution >= 0.6 is 0 Å². The molecule has 26 heavy (non-hydrogen) atoms. The topological polar surface area (TPSA) is 73.9 Å². The molecule has 2 atom stereocenters. The Morgan fingerprint density at radius 2 is 2.00 bits per heavy atom. The maximum atomic E-state index is 12.2. The summed E-state index contributed by atoms with van der Waals surface area (Å²) in [5.41, 5.74) is 1.42. The summed E-state index contributed by atoms with van der Waals surface area (Å²) in [6.07, 6.45) is -0.160. The summed E-state index contributed by atoms with van der Waals surface area (Å²) in [7, 11) is 1.35. The number of benzene rings is 2. The normalized spacial score (nSPS) is 16.2. The molecule has 0 saturated carbocycles. The SMILES string of the molecule is COC(=O)c1ccc2c(c1)CC(CNC(=O)C(C)Oc1ccccc1)O2. The summed E-state index contributed by atoms with van der Waals surface area (Å²) in [4.78, 5) is 23.8. The Hall–Kier alpha value is -3.02. The van der Waals surface area contributed by atoms with Gasteiger partial charge in [0.1, 0.15) is 17.6 Å². The molecule has 0 fully saturated rings. The van der Waals surface area contributed by atoms with Gasteiger partial charge in [-0.25, -0.2) is 4.79 Å². The Kier molecular flexibility index (Phi) is 5.41. The molecule has 2 aromatic rings. The molecule has 136 valence electrons. The van der Waals surface area contributed by atoms with Crippen molar-refractivity contribution in [3.05, 3.63) is 59.7 Å². The lowest BCUT2D eigenvalue weighted by Crippen LogP contribution is -2.41. The number of rotatable bonds is 6. The minimum atomic E-state index is -0.605. The highest BCUT2D eigenvalue weighted by molar-refractivity contribution is 5.89. The summed E-state index contributed by atoms with van der Waals surface area (Å²) in [5, 5.41) is 2.85. The Morgan fingerprint density at radius 3 is 2.73 bits per heavy atom. The highest BCUT2D eigenvalue weighted by Gasteiger charge is 2.25. The first-order chi connectivity index (χ1) is 12.6. The summed E-state index contributed by atoms with van der Waals surface area (Å²) < 4.78 is 16.1. The minimum Gasteiger partial charge on any atom is -0.488 e. The van der Waals surface area contributed by atoms with Crippen LogP contribution in [0.2, 0.25) is 0 Å². The number of hydrogen-bond donors (Lipinski definition) is 1. The lowest BCUT2D eigenvalue weighted by Gasteiger charge is -2.16. The third-order valence-electron chi connectivity index (χ3n) is 4.15. The average Bonchev–Trinajstić information content (AvgIpc) is 3.08. The van der Waals surface area contributed by atoms with Gasteiger partial charge in [-0.05, 0) is 42.8 Å². The van der Waals surface area contributed by atoms with Crippen molar-refractivity contribution in [2.75, 3.05) is 13.7 Å². The fourth-order valence-corrected chi connectivity index (χ4v) is 2.79. The van der Waals surface area contributed by atoms with Gasteiger partial charge in [0.15, 0.2) is 6.10 Å². The van der Waals surface area contributed by atoms with Gasteiger partial charge < -0.3 is 19.5 Å². The van der Waals surface area contributed by atoms with Crippen molar-refractivity contribution in [3.8, 4) is 11.5 Å². The molecule has 0 spiro atoms. The van der Waals surface area contributed by atoms with Crippen LogP contribution in [0.25, 0.3) is 0 Å². The second-order valence-corrected chi connectivity index (χ2v) is 6.08. The van der Waals surface area contributed by atoms with Crippen molar-refractivity contribution < 1.29 is 23.8 Å². The highest BCUT2D eigenvalue weighted by atomic mass is 16.5. The maximum absolute atomic E-state index is 12.2. The van der Waals surface area contributed by atoms with Crippen molar-refractivity contribution in [2.24, 2.45) is 0 Å². The third kappa shape index (κ3) is 4.14. The summed E-state index contributed by atoms with van der Waals surface area (Å²) in [6, 6.07) is 14.4. The van der Waals surface area contributed by atoms with E-state index in [1.807, 2.05) is 18.2 Å². The Bertz CT molecular complexity index is 790. The van der Waals surface area contributed by atoms with Crippen LogP contribution in [0.3, 0.4) is 0 Å². The van der Waals surface area contributed by atoms with Crippen molar-refractivity contribution in [2.45, 2.75) is 25.6 Å². The van der Waals surface area contributed by atoms with Crippen LogP contribution in [0.15, 0.2) is 48.5 Å². The van der Waals surface area contributed by atoms with E-state index in [0.717, 1.165) is 11.3 Å². The molecule has 1 heterocycles. The van der Waals surface area contributed by atoms with Crippen LogP contribution in [-0.4, -0.2) is 37.7 Å². The van der Waals surface area contributed by atoms with E-state index in [9.17, 15) is 9.59 Å². The standard InChI is InChI=1S/C20H21NO5/c1-13(25-16-6-4-3-5-7-16)19(22)21-12-17-11-15-10-14(20(23)24-2)8-9-18(15)26-17/h3-10,13,17H,11-12H2,1-2H3,(H,21,22). The summed E-state index contributed by atoms with van der Waals surface area (Å²) in [6.45, 7) is 2.07. The zero-order chi connectivity index (χ0) is 18.5. The fraction of sp³-hybridized carbons (Fsp3) is 0.300. The molecule has 0 aliphatic carbocycles. The Labute approximate surface area is 152 Å². The van der Waals surface area contributed by atoms with E-state index < -0.39 is 6.10 Å². The molecule has 0 aromatic heterocycles. The fourth-order valence-electron chi connectivity index (χ4n) is 2.79. The van der Waals surface area contributed by atoms with E-state index in [-0.39, 0.29) is 18.0 Å². The monoisotopic (exact) mass is 355 g/mol. The molecule has 2 aromatic carbocycles. The second-order valence-electron chi connectivity index (χ2n) is 6.08. The number of carbonyl (C=O) groups excluding carboxylic acids is 2. The molecule has 6 nitrogen and oxygen atoms in total. The summed E-state index contributed by atoms with van der Waals surface area (Å²) >= 11 is 0. The number of fused-ring (bicyclic) bond motifs is 1. The molecule has 1 N–H and O–H groups in total. The Balaban J connectivity index is 1.51. The van der Waals surface area contributed by atoms with Gasteiger partial charge >= 0.3 is 5.97 Å². The van der Waals surface area contributed by atoms with Gasteiger partial charge in [-0.3, -0.25) is 4.79 Å². The van der Waals surface area contributed by atoms with Gasteiger partial charge in [-0.1, -0.05) is 18.2 Å². The average molecular weight is 355 g/mol. The number of ether oxygens (including phenoxy) is 3. The quantitative estimate of drug-likeness (QED) is 0.805. The number of hydrogen-bond acceptors (Lipinski definition) is 5. The number of nitrogens with one attached hydrogen (secondary N) is 1. The van der Waals surface area contributed by atoms with Gasteiger partial charge in [0.2, 0.25) is 0 Å². The smallest absolute Gasteiger partial charge is 0.337 e.